The minimum atomic E-state index is -0.474. The summed E-state index contributed by atoms with van der Waals surface area (Å²) in [5, 5.41) is 11.5. The monoisotopic (exact) mass is 476 g/mol. The number of likely N-dealkylation sites (N-methyl/N-ethyl adjacent to an activating group) is 1. The molecular formula is C20H21BrN4O3S. The zero-order chi connectivity index (χ0) is 21.0. The van der Waals surface area contributed by atoms with Crippen LogP contribution in [0, 0.1) is 10.1 Å². The summed E-state index contributed by atoms with van der Waals surface area (Å²) in [5.41, 5.74) is 1.19. The number of hydrogen-bond acceptors (Lipinski definition) is 6. The van der Waals surface area contributed by atoms with Crippen LogP contribution in [0.25, 0.3) is 10.2 Å². The quantitative estimate of drug-likeness (QED) is 0.339. The number of hydrogen-bond donors (Lipinski definition) is 0. The maximum absolute atomic E-state index is 13.3. The van der Waals surface area contributed by atoms with Gasteiger partial charge >= 0.3 is 0 Å². The average molecular weight is 477 g/mol. The normalized spacial score (nSPS) is 11.2. The Hall–Kier alpha value is -2.36. The highest BCUT2D eigenvalue weighted by atomic mass is 79.9. The third kappa shape index (κ3) is 4.98. The molecule has 0 radical (unpaired) electrons. The second-order valence-corrected chi connectivity index (χ2v) is 8.32. The van der Waals surface area contributed by atoms with Crippen LogP contribution in [0.3, 0.4) is 0 Å². The maximum Gasteiger partial charge on any atom is 0.269 e. The number of carbonyl (C=O) groups excluding carboxylic acids is 1. The van der Waals surface area contributed by atoms with Crippen molar-refractivity contribution in [1.82, 2.24) is 9.88 Å². The molecule has 0 atom stereocenters. The Bertz CT molecular complexity index is 1020. The number of rotatable bonds is 8. The van der Waals surface area contributed by atoms with Gasteiger partial charge in [-0.1, -0.05) is 41.1 Å². The summed E-state index contributed by atoms with van der Waals surface area (Å²) in [6.07, 6.45) is 0. The number of nitro benzene ring substituents is 1. The summed E-state index contributed by atoms with van der Waals surface area (Å²) in [7, 11) is 0. The lowest BCUT2D eigenvalue weighted by atomic mass is 10.2. The topological polar surface area (TPSA) is 79.6 Å². The first-order valence-electron chi connectivity index (χ1n) is 9.27. The van der Waals surface area contributed by atoms with E-state index >= 15 is 0 Å². The molecule has 1 aromatic heterocycles. The molecule has 0 aliphatic carbocycles. The van der Waals surface area contributed by atoms with Gasteiger partial charge in [-0.15, -0.1) is 0 Å². The third-order valence-corrected chi connectivity index (χ3v) is 6.21. The molecule has 7 nitrogen and oxygen atoms in total. The highest BCUT2D eigenvalue weighted by molar-refractivity contribution is 9.10. The number of fused-ring (bicyclic) bond motifs is 1. The Morgan fingerprint density at radius 2 is 1.83 bits per heavy atom. The molecule has 0 aliphatic rings. The maximum atomic E-state index is 13.3. The molecule has 0 N–H and O–H groups in total. The summed E-state index contributed by atoms with van der Waals surface area (Å²) in [6, 6.07) is 11.5. The van der Waals surface area contributed by atoms with Gasteiger partial charge in [0.05, 0.1) is 15.1 Å². The lowest BCUT2D eigenvalue weighted by molar-refractivity contribution is -0.384. The van der Waals surface area contributed by atoms with Crippen LogP contribution in [0.2, 0.25) is 0 Å². The van der Waals surface area contributed by atoms with Gasteiger partial charge in [-0.05, 0) is 43.4 Å². The van der Waals surface area contributed by atoms with Gasteiger partial charge < -0.3 is 4.90 Å². The number of thiazole rings is 1. The predicted octanol–water partition coefficient (Wildman–Crippen LogP) is 4.96. The lowest BCUT2D eigenvalue weighted by Crippen LogP contribution is -2.38. The highest BCUT2D eigenvalue weighted by Gasteiger charge is 2.22. The Balaban J connectivity index is 1.94. The van der Waals surface area contributed by atoms with Crippen LogP contribution >= 0.6 is 27.3 Å². The first kappa shape index (κ1) is 21.4. The number of nitrogens with zero attached hydrogens (tertiary/aromatic N) is 4. The molecule has 3 aromatic rings. The predicted molar refractivity (Wildman–Crippen MR) is 120 cm³/mol. The van der Waals surface area contributed by atoms with E-state index < -0.39 is 4.92 Å². The van der Waals surface area contributed by atoms with Crippen LogP contribution in [0.5, 0.6) is 0 Å². The summed E-state index contributed by atoms with van der Waals surface area (Å²) in [4.78, 5) is 32.2. The first-order chi connectivity index (χ1) is 13.9. The molecule has 2 aromatic carbocycles. The summed E-state index contributed by atoms with van der Waals surface area (Å²) < 4.78 is 1.94. The second kappa shape index (κ2) is 9.43. The number of carbonyl (C=O) groups is 1. The smallest absolute Gasteiger partial charge is 0.269 e. The molecule has 0 aliphatic heterocycles. The number of nitro groups is 1. The van der Waals surface area contributed by atoms with Crippen LogP contribution < -0.4 is 4.90 Å². The molecule has 0 unspecified atom stereocenters. The van der Waals surface area contributed by atoms with Crippen molar-refractivity contribution in [2.75, 3.05) is 31.1 Å². The fraction of sp³-hybridized carbons (Fsp3) is 0.300. The Labute approximate surface area is 181 Å². The van der Waals surface area contributed by atoms with Gasteiger partial charge in [-0.2, -0.15) is 0 Å². The second-order valence-electron chi connectivity index (χ2n) is 6.40. The lowest BCUT2D eigenvalue weighted by Gasteiger charge is -2.24. The van der Waals surface area contributed by atoms with E-state index in [0.29, 0.717) is 23.8 Å². The average Bonchev–Trinajstić information content (AvgIpc) is 3.13. The van der Waals surface area contributed by atoms with Crippen LogP contribution in [-0.2, 0) is 0 Å². The van der Waals surface area contributed by atoms with Crippen molar-refractivity contribution in [3.05, 3.63) is 62.6 Å². The van der Waals surface area contributed by atoms with E-state index in [0.717, 1.165) is 27.8 Å². The minimum absolute atomic E-state index is 0.0407. The van der Waals surface area contributed by atoms with E-state index in [4.69, 9.17) is 0 Å². The molecule has 1 amide bonds. The number of amides is 1. The van der Waals surface area contributed by atoms with Crippen molar-refractivity contribution in [2.24, 2.45) is 0 Å². The summed E-state index contributed by atoms with van der Waals surface area (Å²) in [5.74, 6) is -0.217. The van der Waals surface area contributed by atoms with Crippen LogP contribution in [0.15, 0.2) is 46.9 Å². The molecule has 0 bridgehead atoms. The number of anilines is 1. The zero-order valence-electron chi connectivity index (χ0n) is 16.2. The number of aromatic nitrogens is 1. The van der Waals surface area contributed by atoms with Crippen molar-refractivity contribution in [3.8, 4) is 0 Å². The van der Waals surface area contributed by atoms with E-state index in [1.54, 1.807) is 4.90 Å². The van der Waals surface area contributed by atoms with Crippen LogP contribution in [0.1, 0.15) is 24.2 Å². The number of halogens is 1. The Kier molecular flexibility index (Phi) is 6.94. The first-order valence-corrected chi connectivity index (χ1v) is 10.9. The van der Waals surface area contributed by atoms with Crippen molar-refractivity contribution < 1.29 is 9.72 Å². The highest BCUT2D eigenvalue weighted by Crippen LogP contribution is 2.31. The van der Waals surface area contributed by atoms with E-state index in [1.165, 1.54) is 35.6 Å². The molecule has 0 spiro atoms. The van der Waals surface area contributed by atoms with Crippen molar-refractivity contribution in [2.45, 2.75) is 13.8 Å². The fourth-order valence-electron chi connectivity index (χ4n) is 2.95. The van der Waals surface area contributed by atoms with Crippen molar-refractivity contribution in [3.63, 3.8) is 0 Å². The molecule has 0 fully saturated rings. The fourth-order valence-corrected chi connectivity index (χ4v) is 4.49. The molecule has 152 valence electrons. The van der Waals surface area contributed by atoms with Gasteiger partial charge in [0.1, 0.15) is 0 Å². The largest absolute Gasteiger partial charge is 0.302 e. The molecule has 1 heterocycles. The van der Waals surface area contributed by atoms with Gasteiger partial charge in [-0.3, -0.25) is 19.8 Å². The molecule has 0 saturated heterocycles. The molecule has 9 heteroatoms. The van der Waals surface area contributed by atoms with Gasteiger partial charge in [0.15, 0.2) is 5.13 Å². The van der Waals surface area contributed by atoms with E-state index in [2.05, 4.69) is 39.7 Å². The number of benzene rings is 2. The SMILES string of the molecule is CCN(CC)CCN(C(=O)c1ccc([N+](=O)[O-])cc1)c1nc2ccc(Br)cc2s1. The van der Waals surface area contributed by atoms with Gasteiger partial charge in [0, 0.05) is 35.3 Å². The number of non-ortho nitro benzene ring substituents is 1. The van der Waals surface area contributed by atoms with Gasteiger partial charge in [0.25, 0.3) is 11.6 Å². The minimum Gasteiger partial charge on any atom is -0.302 e. The van der Waals surface area contributed by atoms with Gasteiger partial charge in [0.2, 0.25) is 0 Å². The zero-order valence-corrected chi connectivity index (χ0v) is 18.6. The van der Waals surface area contributed by atoms with E-state index in [9.17, 15) is 14.9 Å². The Morgan fingerprint density at radius 1 is 1.14 bits per heavy atom. The third-order valence-electron chi connectivity index (χ3n) is 4.67. The molecule has 29 heavy (non-hydrogen) atoms. The summed E-state index contributed by atoms with van der Waals surface area (Å²) >= 11 is 4.92. The molecule has 3 rings (SSSR count). The van der Waals surface area contributed by atoms with E-state index in [1.807, 2.05) is 18.2 Å². The Morgan fingerprint density at radius 3 is 2.45 bits per heavy atom. The molecular weight excluding hydrogens is 456 g/mol. The van der Waals surface area contributed by atoms with E-state index in [-0.39, 0.29) is 11.6 Å². The van der Waals surface area contributed by atoms with Crippen LogP contribution in [0.4, 0.5) is 10.8 Å². The standard InChI is InChI=1S/C20H21BrN4O3S/c1-3-23(4-2)11-12-24(19(26)14-5-8-16(9-6-14)25(27)28)20-22-17-10-7-15(21)13-18(17)29-20/h5-10,13H,3-4,11-12H2,1-2H3. The van der Waals surface area contributed by atoms with Gasteiger partial charge in [-0.25, -0.2) is 4.98 Å². The molecule has 0 saturated carbocycles. The van der Waals surface area contributed by atoms with Crippen molar-refractivity contribution >= 4 is 54.2 Å². The van der Waals surface area contributed by atoms with Crippen LogP contribution in [-0.4, -0.2) is 46.9 Å². The summed E-state index contributed by atoms with van der Waals surface area (Å²) in [6.45, 7) is 7.15. The van der Waals surface area contributed by atoms with Crippen molar-refractivity contribution in [1.29, 1.82) is 0 Å².